The van der Waals surface area contributed by atoms with Gasteiger partial charge in [-0.05, 0) is 136 Å². The van der Waals surface area contributed by atoms with Crippen LogP contribution in [0.2, 0.25) is 0 Å². The summed E-state index contributed by atoms with van der Waals surface area (Å²) in [5.74, 6) is 5.33. The van der Waals surface area contributed by atoms with Crippen LogP contribution in [0.3, 0.4) is 0 Å². The zero-order chi connectivity index (χ0) is 42.0. The molecule has 318 valence electrons. The molecule has 0 spiro atoms. The highest BCUT2D eigenvalue weighted by atomic mass is 19.1. The normalized spacial score (nSPS) is 30.0. The average Bonchev–Trinajstić information content (AvgIpc) is 3.71. The second-order valence-electron chi connectivity index (χ2n) is 18.2. The summed E-state index contributed by atoms with van der Waals surface area (Å²) in [4.78, 5) is 9.88. The van der Waals surface area contributed by atoms with E-state index < -0.39 is 0 Å². The van der Waals surface area contributed by atoms with Crippen LogP contribution >= 0.6 is 0 Å². The molecule has 0 bridgehead atoms. The third-order valence-corrected chi connectivity index (χ3v) is 14.3. The number of benzene rings is 2. The lowest BCUT2D eigenvalue weighted by Crippen LogP contribution is -2.51. The molecule has 4 nitrogen and oxygen atoms in total. The maximum Gasteiger partial charge on any atom is 0.123 e. The summed E-state index contributed by atoms with van der Waals surface area (Å²) in [5, 5.41) is 3.49. The van der Waals surface area contributed by atoms with Gasteiger partial charge in [-0.1, -0.05) is 117 Å². The van der Waals surface area contributed by atoms with Crippen molar-refractivity contribution >= 4 is 11.8 Å². The van der Waals surface area contributed by atoms with Gasteiger partial charge in [0.15, 0.2) is 0 Å². The molecule has 6 fully saturated rings. The molecule has 1 N–H and O–H groups in total. The Morgan fingerprint density at radius 3 is 2.18 bits per heavy atom. The molecule has 6 unspecified atom stereocenters. The van der Waals surface area contributed by atoms with Crippen LogP contribution in [0.15, 0.2) is 144 Å². The number of nitrogens with one attached hydrogen (secondary N) is 1. The summed E-state index contributed by atoms with van der Waals surface area (Å²) in [6.07, 6.45) is 36.6. The van der Waals surface area contributed by atoms with Crippen molar-refractivity contribution < 1.29 is 8.78 Å². The molecule has 6 heteroatoms. The number of nitrogens with zero attached hydrogens (tertiary/aromatic N) is 3. The monoisotopic (exact) mass is 811 g/mol. The van der Waals surface area contributed by atoms with E-state index in [2.05, 4.69) is 96.8 Å². The van der Waals surface area contributed by atoms with E-state index in [1.165, 1.54) is 100 Å². The van der Waals surface area contributed by atoms with Crippen molar-refractivity contribution in [3.63, 3.8) is 0 Å². The van der Waals surface area contributed by atoms with E-state index in [0.717, 1.165) is 83.4 Å². The Hall–Kier alpha value is -4.71. The van der Waals surface area contributed by atoms with Crippen LogP contribution in [-0.4, -0.2) is 47.7 Å². The van der Waals surface area contributed by atoms with Gasteiger partial charge < -0.3 is 15.1 Å². The van der Waals surface area contributed by atoms with Crippen LogP contribution in [-0.2, 0) is 0 Å². The van der Waals surface area contributed by atoms with Gasteiger partial charge in [0.2, 0.25) is 0 Å². The first-order valence-corrected chi connectivity index (χ1v) is 22.9. The molecule has 7 aliphatic rings. The largest absolute Gasteiger partial charge is 0.371 e. The highest BCUT2D eigenvalue weighted by Crippen LogP contribution is 2.48. The van der Waals surface area contributed by atoms with E-state index in [0.29, 0.717) is 12.0 Å². The lowest BCUT2D eigenvalue weighted by Gasteiger charge is -2.49. The molecule has 2 aliphatic carbocycles. The van der Waals surface area contributed by atoms with Crippen molar-refractivity contribution in [2.75, 3.05) is 19.6 Å². The first kappa shape index (κ1) is 43.4. The molecule has 0 radical (unpaired) electrons. The second-order valence-corrected chi connectivity index (χ2v) is 18.2. The Morgan fingerprint density at radius 1 is 0.817 bits per heavy atom. The fourth-order valence-electron chi connectivity index (χ4n) is 11.2. The number of allylic oxidation sites excluding steroid dienone is 10. The maximum absolute atomic E-state index is 13.6. The predicted octanol–water partition coefficient (Wildman–Crippen LogP) is 12.9. The van der Waals surface area contributed by atoms with E-state index in [-0.39, 0.29) is 11.6 Å². The second kappa shape index (κ2) is 20.7. The highest BCUT2D eigenvalue weighted by molar-refractivity contribution is 6.10. The van der Waals surface area contributed by atoms with E-state index in [9.17, 15) is 8.78 Å². The van der Waals surface area contributed by atoms with Crippen LogP contribution in [0, 0.1) is 54.1 Å². The first-order valence-electron chi connectivity index (χ1n) is 22.9. The number of rotatable bonds is 6. The fraction of sp³-hybridized carbons (Fsp3) is 0.463. The van der Waals surface area contributed by atoms with Crippen molar-refractivity contribution in [1.29, 1.82) is 0 Å². The average molecular weight is 811 g/mol. The molecule has 4 saturated heterocycles. The summed E-state index contributed by atoms with van der Waals surface area (Å²) in [7, 11) is 0. The maximum atomic E-state index is 13.6. The lowest BCUT2D eigenvalue weighted by molar-refractivity contribution is 0.0398. The number of piperidine rings is 2. The number of fused-ring (bicyclic) bond motifs is 4. The van der Waals surface area contributed by atoms with Gasteiger partial charge in [-0.2, -0.15) is 0 Å². The molecule has 8 atom stereocenters. The van der Waals surface area contributed by atoms with Gasteiger partial charge >= 0.3 is 0 Å². The Balaban J connectivity index is 0.000000158. The molecule has 60 heavy (non-hydrogen) atoms. The van der Waals surface area contributed by atoms with Gasteiger partial charge in [-0.25, -0.2) is 8.78 Å². The van der Waals surface area contributed by atoms with Crippen LogP contribution in [0.4, 0.5) is 8.78 Å². The molecule has 5 heterocycles. The number of hydrogen-bond acceptors (Lipinski definition) is 4. The Kier molecular flexibility index (Phi) is 15.0. The minimum atomic E-state index is -0.213. The van der Waals surface area contributed by atoms with Crippen molar-refractivity contribution in [2.45, 2.75) is 103 Å². The molecule has 5 aliphatic heterocycles. The van der Waals surface area contributed by atoms with Crippen molar-refractivity contribution in [2.24, 2.45) is 40.5 Å². The Labute approximate surface area is 360 Å². The number of halogens is 2. The molecule has 2 aromatic rings. The van der Waals surface area contributed by atoms with Gasteiger partial charge in [-0.15, -0.1) is 0 Å². The summed E-state index contributed by atoms with van der Waals surface area (Å²) in [5.41, 5.74) is 6.56. The van der Waals surface area contributed by atoms with Crippen LogP contribution < -0.4 is 5.32 Å². The van der Waals surface area contributed by atoms with E-state index in [1.807, 2.05) is 25.3 Å². The highest BCUT2D eigenvalue weighted by Gasteiger charge is 2.46. The summed E-state index contributed by atoms with van der Waals surface area (Å²) < 4.78 is 25.8. The molecule has 2 aromatic carbocycles. The minimum absolute atomic E-state index is 0.162. The molecular weight excluding hydrogens is 743 g/mol. The van der Waals surface area contributed by atoms with Gasteiger partial charge in [0.25, 0.3) is 0 Å². The number of aliphatic imine (C=N–C) groups is 1. The number of aryl methyl sites for hydroxylation is 1. The summed E-state index contributed by atoms with van der Waals surface area (Å²) in [6, 6.07) is 14.4. The smallest absolute Gasteiger partial charge is 0.123 e. The SMILES string of the molecule is C=C1CC[C@@H]2C(/C=C/C(C)=C/C=C\C)C3CCCCC3CN12.C=C1NC[C@@H]2C(/C=C/C3=CCC=C(c4cccc(F)c4)C=N3)C3CCCCC3CN12.Cc1cccc(F)c1. The predicted molar refractivity (Wildman–Crippen MR) is 248 cm³/mol. The van der Waals surface area contributed by atoms with Crippen molar-refractivity contribution in [3.05, 3.63) is 162 Å². The minimum Gasteiger partial charge on any atom is -0.371 e. The number of hydrogen-bond donors (Lipinski definition) is 1. The molecule has 0 aromatic heterocycles. The zero-order valence-corrected chi connectivity index (χ0v) is 36.4. The van der Waals surface area contributed by atoms with E-state index in [4.69, 9.17) is 4.99 Å². The molecular formula is C54H68F2N4. The Morgan fingerprint density at radius 2 is 1.50 bits per heavy atom. The third kappa shape index (κ3) is 10.8. The fourth-order valence-corrected chi connectivity index (χ4v) is 11.2. The van der Waals surface area contributed by atoms with Crippen LogP contribution in [0.5, 0.6) is 0 Å². The van der Waals surface area contributed by atoms with Crippen LogP contribution in [0.1, 0.15) is 95.6 Å². The zero-order valence-electron chi connectivity index (χ0n) is 36.4. The summed E-state index contributed by atoms with van der Waals surface area (Å²) in [6.45, 7) is 18.1. The standard InChI is InChI=1S/C26H30FN3.C21H31N.C7H7F/c1-18-28-16-26-25(24-11-3-2-6-21(24)17-30(18)26)13-12-23-10-5-8-20(15-29-23)19-7-4-9-22(27)14-19;1-4-5-8-16(2)11-13-20-19-10-7-6-9-18(19)15-22-17(3)12-14-21(20)22;1-6-3-2-4-7(8)5-6/h4,7-10,12-15,21,24-26,28H,1-3,5-6,11,16-17H2;4-5,8,11,13,18-21H,3,6-7,9-10,12,14-15H2,1-2H3;2-5H,1H3/b13-12+;5-4-,13-11+,16-8+;/t21?,24?,25?,26-;18?,19?,20?,21-;/m11./s1. The van der Waals surface area contributed by atoms with Gasteiger partial charge in [-0.3, -0.25) is 4.99 Å². The Bertz CT molecular complexity index is 2020. The van der Waals surface area contributed by atoms with Crippen molar-refractivity contribution in [3.8, 4) is 0 Å². The first-order chi connectivity index (χ1) is 29.2. The molecule has 2 saturated carbocycles. The molecule has 0 amide bonds. The van der Waals surface area contributed by atoms with E-state index >= 15 is 0 Å². The topological polar surface area (TPSA) is 30.9 Å². The molecule has 9 rings (SSSR count). The van der Waals surface area contributed by atoms with Gasteiger partial charge in [0.1, 0.15) is 11.6 Å². The van der Waals surface area contributed by atoms with Crippen LogP contribution in [0.25, 0.3) is 5.57 Å². The van der Waals surface area contributed by atoms with E-state index in [1.54, 1.807) is 18.2 Å². The van der Waals surface area contributed by atoms with Crippen molar-refractivity contribution in [1.82, 2.24) is 15.1 Å². The quantitative estimate of drug-likeness (QED) is 0.295. The summed E-state index contributed by atoms with van der Waals surface area (Å²) >= 11 is 0. The third-order valence-electron chi connectivity index (χ3n) is 14.3. The lowest BCUT2D eigenvalue weighted by atomic mass is 9.67. The van der Waals surface area contributed by atoms with Gasteiger partial charge in [0.05, 0.1) is 17.6 Å². The van der Waals surface area contributed by atoms with Gasteiger partial charge in [0, 0.05) is 49.4 Å².